The maximum atomic E-state index is 5.16. The van der Waals surface area contributed by atoms with Crippen molar-refractivity contribution in [3.05, 3.63) is 28.5 Å². The maximum absolute atomic E-state index is 5.16. The zero-order valence-electron chi connectivity index (χ0n) is 10.9. The minimum atomic E-state index is 0.262. The number of thiazole rings is 1. The molecule has 0 aromatic carbocycles. The molecule has 1 unspecified atom stereocenters. The zero-order valence-corrected chi connectivity index (χ0v) is 11.7. The number of nitrogens with zero attached hydrogens (tertiary/aromatic N) is 3. The van der Waals surface area contributed by atoms with Gasteiger partial charge in [-0.2, -0.15) is 0 Å². The highest BCUT2D eigenvalue weighted by Gasteiger charge is 2.09. The van der Waals surface area contributed by atoms with Gasteiger partial charge in [0.1, 0.15) is 5.01 Å². The summed E-state index contributed by atoms with van der Waals surface area (Å²) in [7, 11) is 1.71. The average Bonchev–Trinajstić information content (AvgIpc) is 2.95. The first-order valence-corrected chi connectivity index (χ1v) is 6.75. The molecule has 0 amide bonds. The Morgan fingerprint density at radius 3 is 3.06 bits per heavy atom. The van der Waals surface area contributed by atoms with Crippen molar-refractivity contribution in [2.24, 2.45) is 0 Å². The molecular weight excluding hydrogens is 248 g/mol. The third-order valence-corrected chi connectivity index (χ3v) is 3.58. The first-order valence-electron chi connectivity index (χ1n) is 5.87. The molecule has 0 saturated carbocycles. The van der Waals surface area contributed by atoms with E-state index in [1.807, 2.05) is 13.1 Å². The third-order valence-electron chi connectivity index (χ3n) is 2.62. The van der Waals surface area contributed by atoms with E-state index in [4.69, 9.17) is 4.74 Å². The lowest BCUT2D eigenvalue weighted by Crippen LogP contribution is -2.14. The molecule has 2 aromatic heterocycles. The number of hydrogen-bond acceptors (Lipinski definition) is 5. The fourth-order valence-corrected chi connectivity index (χ4v) is 2.48. The van der Waals surface area contributed by atoms with Crippen LogP contribution in [0.4, 0.5) is 5.95 Å². The fourth-order valence-electron chi connectivity index (χ4n) is 1.77. The van der Waals surface area contributed by atoms with Crippen LogP contribution in [0.25, 0.3) is 0 Å². The van der Waals surface area contributed by atoms with Crippen molar-refractivity contribution in [3.8, 4) is 0 Å². The van der Waals surface area contributed by atoms with Crippen LogP contribution in [-0.2, 0) is 11.3 Å². The predicted octanol–water partition coefficient (Wildman–Crippen LogP) is 2.47. The van der Waals surface area contributed by atoms with Gasteiger partial charge in [-0.1, -0.05) is 0 Å². The number of nitrogens with one attached hydrogen (secondary N) is 1. The molecule has 6 heteroatoms. The Morgan fingerprint density at radius 1 is 1.56 bits per heavy atom. The first-order chi connectivity index (χ1) is 8.70. The van der Waals surface area contributed by atoms with Crippen LogP contribution in [0.1, 0.15) is 23.7 Å². The van der Waals surface area contributed by atoms with E-state index >= 15 is 0 Å². The molecule has 0 aliphatic carbocycles. The second-order valence-electron chi connectivity index (χ2n) is 4.20. The Morgan fingerprint density at radius 2 is 2.39 bits per heavy atom. The summed E-state index contributed by atoms with van der Waals surface area (Å²) >= 11 is 1.66. The van der Waals surface area contributed by atoms with Gasteiger partial charge in [0, 0.05) is 30.6 Å². The quantitative estimate of drug-likeness (QED) is 0.872. The summed E-state index contributed by atoms with van der Waals surface area (Å²) in [5.74, 6) is 0.854. The van der Waals surface area contributed by atoms with Crippen LogP contribution in [0.15, 0.2) is 17.8 Å². The number of ether oxygens (including phenoxy) is 1. The topological polar surface area (TPSA) is 52.0 Å². The SMILES string of the molecule is COCC(C)n1ccnc1NCc1nc(C)cs1. The molecular formula is C12H18N4OS. The molecule has 0 aliphatic heterocycles. The molecule has 0 aliphatic rings. The average molecular weight is 266 g/mol. The smallest absolute Gasteiger partial charge is 0.203 e. The van der Waals surface area contributed by atoms with E-state index in [-0.39, 0.29) is 6.04 Å². The van der Waals surface area contributed by atoms with Crippen LogP contribution in [-0.4, -0.2) is 28.3 Å². The van der Waals surface area contributed by atoms with Gasteiger partial charge in [0.2, 0.25) is 5.95 Å². The fraction of sp³-hybridized carbons (Fsp3) is 0.500. The lowest BCUT2D eigenvalue weighted by atomic mass is 10.3. The number of rotatable bonds is 6. The molecule has 1 atom stereocenters. The van der Waals surface area contributed by atoms with Crippen molar-refractivity contribution >= 4 is 17.3 Å². The van der Waals surface area contributed by atoms with Gasteiger partial charge in [-0.25, -0.2) is 9.97 Å². The lowest BCUT2D eigenvalue weighted by Gasteiger charge is -2.15. The molecule has 0 radical (unpaired) electrons. The van der Waals surface area contributed by atoms with Crippen molar-refractivity contribution in [2.75, 3.05) is 19.0 Å². The van der Waals surface area contributed by atoms with Crippen molar-refractivity contribution in [3.63, 3.8) is 0 Å². The Bertz CT molecular complexity index is 494. The summed E-state index contributed by atoms with van der Waals surface area (Å²) in [5.41, 5.74) is 1.06. The maximum Gasteiger partial charge on any atom is 0.203 e. The Hall–Kier alpha value is -1.40. The second kappa shape index (κ2) is 5.97. The first kappa shape index (κ1) is 13.0. The Balaban J connectivity index is 1.99. The van der Waals surface area contributed by atoms with Crippen LogP contribution >= 0.6 is 11.3 Å². The van der Waals surface area contributed by atoms with Crippen LogP contribution in [0.5, 0.6) is 0 Å². The largest absolute Gasteiger partial charge is 0.383 e. The molecule has 18 heavy (non-hydrogen) atoms. The number of anilines is 1. The number of aryl methyl sites for hydroxylation is 1. The van der Waals surface area contributed by atoms with Crippen molar-refractivity contribution in [1.29, 1.82) is 0 Å². The highest BCUT2D eigenvalue weighted by atomic mass is 32.1. The summed E-state index contributed by atoms with van der Waals surface area (Å²) in [6.45, 7) is 5.47. The summed E-state index contributed by atoms with van der Waals surface area (Å²) in [6.07, 6.45) is 3.75. The van der Waals surface area contributed by atoms with E-state index in [0.717, 1.165) is 16.6 Å². The van der Waals surface area contributed by atoms with E-state index in [9.17, 15) is 0 Å². The molecule has 0 saturated heterocycles. The molecule has 0 fully saturated rings. The van der Waals surface area contributed by atoms with Crippen molar-refractivity contribution in [2.45, 2.75) is 26.4 Å². The van der Waals surface area contributed by atoms with Gasteiger partial charge in [-0.15, -0.1) is 11.3 Å². The monoisotopic (exact) mass is 266 g/mol. The Kier molecular flexibility index (Phi) is 4.33. The summed E-state index contributed by atoms with van der Waals surface area (Å²) < 4.78 is 7.24. The van der Waals surface area contributed by atoms with E-state index < -0.39 is 0 Å². The van der Waals surface area contributed by atoms with Gasteiger partial charge < -0.3 is 14.6 Å². The lowest BCUT2D eigenvalue weighted by molar-refractivity contribution is 0.163. The number of imidazole rings is 1. The number of methoxy groups -OCH3 is 1. The minimum absolute atomic E-state index is 0.262. The third kappa shape index (κ3) is 3.08. The van der Waals surface area contributed by atoms with Gasteiger partial charge in [0.15, 0.2) is 0 Å². The van der Waals surface area contributed by atoms with Gasteiger partial charge in [0.05, 0.1) is 19.2 Å². The summed E-state index contributed by atoms with van der Waals surface area (Å²) in [4.78, 5) is 8.73. The van der Waals surface area contributed by atoms with E-state index in [1.165, 1.54) is 0 Å². The standard InChI is InChI=1S/C12H18N4OS/c1-9-8-18-11(15-9)6-14-12-13-4-5-16(12)10(2)7-17-3/h4-5,8,10H,6-7H2,1-3H3,(H,13,14). The Labute approximate surface area is 111 Å². The van der Waals surface area contributed by atoms with E-state index in [1.54, 1.807) is 24.6 Å². The molecule has 5 nitrogen and oxygen atoms in total. The normalized spacial score (nSPS) is 12.6. The molecule has 2 rings (SSSR count). The van der Waals surface area contributed by atoms with Gasteiger partial charge >= 0.3 is 0 Å². The highest BCUT2D eigenvalue weighted by molar-refractivity contribution is 7.09. The van der Waals surface area contributed by atoms with Crippen molar-refractivity contribution in [1.82, 2.24) is 14.5 Å². The number of aromatic nitrogens is 3. The van der Waals surface area contributed by atoms with Gasteiger partial charge in [-0.3, -0.25) is 0 Å². The van der Waals surface area contributed by atoms with E-state index in [0.29, 0.717) is 13.2 Å². The second-order valence-corrected chi connectivity index (χ2v) is 5.14. The number of hydrogen-bond donors (Lipinski definition) is 1. The summed E-state index contributed by atoms with van der Waals surface area (Å²) in [5, 5.41) is 6.43. The van der Waals surface area contributed by atoms with E-state index in [2.05, 4.69) is 32.2 Å². The molecule has 0 spiro atoms. The van der Waals surface area contributed by atoms with Crippen LogP contribution in [0, 0.1) is 6.92 Å². The minimum Gasteiger partial charge on any atom is -0.383 e. The predicted molar refractivity (Wildman–Crippen MR) is 73.0 cm³/mol. The van der Waals surface area contributed by atoms with Gasteiger partial charge in [-0.05, 0) is 13.8 Å². The molecule has 2 heterocycles. The summed E-state index contributed by atoms with van der Waals surface area (Å²) in [6, 6.07) is 0.262. The molecule has 2 aromatic rings. The highest BCUT2D eigenvalue weighted by Crippen LogP contribution is 2.15. The molecule has 1 N–H and O–H groups in total. The van der Waals surface area contributed by atoms with Crippen LogP contribution < -0.4 is 5.32 Å². The molecule has 0 bridgehead atoms. The van der Waals surface area contributed by atoms with Crippen LogP contribution in [0.2, 0.25) is 0 Å². The van der Waals surface area contributed by atoms with Gasteiger partial charge in [0.25, 0.3) is 0 Å². The van der Waals surface area contributed by atoms with Crippen LogP contribution in [0.3, 0.4) is 0 Å². The zero-order chi connectivity index (χ0) is 13.0. The molecule has 98 valence electrons. The van der Waals surface area contributed by atoms with Crippen molar-refractivity contribution < 1.29 is 4.74 Å².